The Bertz CT molecular complexity index is 427. The van der Waals surface area contributed by atoms with Crippen LogP contribution in [0.15, 0.2) is 0 Å². The van der Waals surface area contributed by atoms with Gasteiger partial charge in [0.25, 0.3) is 5.91 Å². The Morgan fingerprint density at radius 1 is 1.33 bits per heavy atom. The fourth-order valence-electron chi connectivity index (χ4n) is 5.00. The predicted octanol–water partition coefficient (Wildman–Crippen LogP) is 0.265. The van der Waals surface area contributed by atoms with E-state index in [0.717, 1.165) is 32.2 Å². The van der Waals surface area contributed by atoms with Crippen LogP contribution in [0.4, 0.5) is 0 Å². The Balaban J connectivity index is 1.94. The lowest BCUT2D eigenvalue weighted by Crippen LogP contribution is -2.61. The van der Waals surface area contributed by atoms with Crippen molar-refractivity contribution in [2.75, 3.05) is 19.8 Å². The van der Waals surface area contributed by atoms with Gasteiger partial charge in [-0.2, -0.15) is 0 Å². The average molecular weight is 253 g/mol. The number of nitrogens with zero attached hydrogens (tertiary/aromatic N) is 1. The van der Waals surface area contributed by atoms with Crippen LogP contribution in [0.3, 0.4) is 0 Å². The van der Waals surface area contributed by atoms with Crippen LogP contribution < -0.4 is 0 Å². The molecule has 4 fully saturated rings. The molecule has 1 N–H and O–H groups in total. The Morgan fingerprint density at radius 3 is 3.00 bits per heavy atom. The Hall–Kier alpha value is -0.650. The Labute approximate surface area is 106 Å². The Morgan fingerprint density at radius 2 is 2.17 bits per heavy atom. The highest BCUT2D eigenvalue weighted by molar-refractivity contribution is 5.87. The summed E-state index contributed by atoms with van der Waals surface area (Å²) in [6.07, 6.45) is 2.66. The number of amides is 1. The van der Waals surface area contributed by atoms with Crippen LogP contribution in [0.5, 0.6) is 0 Å². The molecule has 0 bridgehead atoms. The number of ether oxygens (including phenoxy) is 2. The first-order valence-corrected chi connectivity index (χ1v) is 6.85. The first kappa shape index (κ1) is 11.2. The molecular formula is C13H19NO4. The minimum atomic E-state index is -0.967. The SMILES string of the molecule is C[C@@]12OCCC[C@@]13[C@H](O)C(=O)N1CCC[C@@]13CO2. The van der Waals surface area contributed by atoms with Gasteiger partial charge in [-0.25, -0.2) is 0 Å². The van der Waals surface area contributed by atoms with E-state index in [4.69, 9.17) is 9.47 Å². The molecule has 4 saturated heterocycles. The zero-order valence-corrected chi connectivity index (χ0v) is 10.6. The Kier molecular flexibility index (Phi) is 1.92. The van der Waals surface area contributed by atoms with E-state index in [-0.39, 0.29) is 11.4 Å². The molecule has 1 amide bonds. The second-order valence-electron chi connectivity index (χ2n) is 6.19. The molecule has 4 rings (SSSR count). The van der Waals surface area contributed by atoms with Crippen molar-refractivity contribution in [2.45, 2.75) is 50.0 Å². The van der Waals surface area contributed by atoms with E-state index in [0.29, 0.717) is 13.2 Å². The molecule has 2 spiro atoms. The lowest BCUT2D eigenvalue weighted by atomic mass is 9.61. The smallest absolute Gasteiger partial charge is 0.252 e. The summed E-state index contributed by atoms with van der Waals surface area (Å²) in [7, 11) is 0. The van der Waals surface area contributed by atoms with Gasteiger partial charge in [-0.1, -0.05) is 0 Å². The number of carbonyl (C=O) groups excluding carboxylic acids is 1. The van der Waals surface area contributed by atoms with Crippen molar-refractivity contribution in [3.05, 3.63) is 0 Å². The third-order valence-electron chi connectivity index (χ3n) is 5.78. The quantitative estimate of drug-likeness (QED) is 0.673. The minimum Gasteiger partial charge on any atom is -0.382 e. The predicted molar refractivity (Wildman–Crippen MR) is 61.7 cm³/mol. The molecule has 100 valence electrons. The molecule has 4 atom stereocenters. The fourth-order valence-corrected chi connectivity index (χ4v) is 5.00. The molecule has 0 unspecified atom stereocenters. The summed E-state index contributed by atoms with van der Waals surface area (Å²) in [6.45, 7) is 3.80. The molecule has 0 aromatic rings. The van der Waals surface area contributed by atoms with Crippen LogP contribution in [0.2, 0.25) is 0 Å². The molecule has 0 aliphatic carbocycles. The highest BCUT2D eigenvalue weighted by Crippen LogP contribution is 2.66. The van der Waals surface area contributed by atoms with E-state index < -0.39 is 17.3 Å². The van der Waals surface area contributed by atoms with Crippen LogP contribution in [0.1, 0.15) is 32.6 Å². The normalized spacial score (nSPS) is 54.4. The maximum atomic E-state index is 12.4. The van der Waals surface area contributed by atoms with Crippen molar-refractivity contribution in [3.8, 4) is 0 Å². The van der Waals surface area contributed by atoms with Crippen LogP contribution >= 0.6 is 0 Å². The van der Waals surface area contributed by atoms with Gasteiger partial charge >= 0.3 is 0 Å². The molecule has 0 radical (unpaired) electrons. The maximum absolute atomic E-state index is 12.4. The molecule has 0 aromatic carbocycles. The van der Waals surface area contributed by atoms with E-state index in [1.807, 2.05) is 11.8 Å². The standard InChI is InChI=1S/C13H19NO4/c1-11-13(5-3-7-17-11)9(15)10(16)14-6-2-4-12(13,14)8-18-11/h9,15H,2-8H2,1H3/t9-,11+,12+,13-/m1/s1. The zero-order chi connectivity index (χ0) is 12.6. The number of aliphatic hydroxyl groups is 1. The molecule has 5 nitrogen and oxygen atoms in total. The molecule has 0 aromatic heterocycles. The van der Waals surface area contributed by atoms with Crippen LogP contribution in [0.25, 0.3) is 0 Å². The van der Waals surface area contributed by atoms with Crippen molar-refractivity contribution in [1.82, 2.24) is 4.90 Å². The minimum absolute atomic E-state index is 0.118. The summed E-state index contributed by atoms with van der Waals surface area (Å²) in [5, 5.41) is 10.6. The summed E-state index contributed by atoms with van der Waals surface area (Å²) in [5.74, 6) is -0.924. The number of carbonyl (C=O) groups is 1. The number of hydrogen-bond donors (Lipinski definition) is 1. The van der Waals surface area contributed by atoms with E-state index >= 15 is 0 Å². The first-order chi connectivity index (χ1) is 8.57. The molecule has 4 aliphatic rings. The van der Waals surface area contributed by atoms with Gasteiger partial charge in [-0.3, -0.25) is 4.79 Å². The van der Waals surface area contributed by atoms with Crippen molar-refractivity contribution < 1.29 is 19.4 Å². The van der Waals surface area contributed by atoms with Gasteiger partial charge < -0.3 is 19.5 Å². The van der Waals surface area contributed by atoms with Gasteiger partial charge in [0.05, 0.1) is 24.2 Å². The molecular weight excluding hydrogens is 234 g/mol. The average Bonchev–Trinajstić information content (AvgIpc) is 2.95. The van der Waals surface area contributed by atoms with Gasteiger partial charge in [-0.15, -0.1) is 0 Å². The molecule has 18 heavy (non-hydrogen) atoms. The lowest BCUT2D eigenvalue weighted by Gasteiger charge is -2.49. The summed E-state index contributed by atoms with van der Waals surface area (Å²) in [4.78, 5) is 14.2. The molecule has 4 heterocycles. The largest absolute Gasteiger partial charge is 0.382 e. The summed E-state index contributed by atoms with van der Waals surface area (Å²) in [5.41, 5.74) is -0.884. The van der Waals surface area contributed by atoms with Crippen molar-refractivity contribution in [3.63, 3.8) is 0 Å². The highest BCUT2D eigenvalue weighted by Gasteiger charge is 2.80. The number of aliphatic hydroxyl groups excluding tert-OH is 1. The van der Waals surface area contributed by atoms with Gasteiger partial charge in [0.15, 0.2) is 5.79 Å². The summed E-state index contributed by atoms with van der Waals surface area (Å²) >= 11 is 0. The van der Waals surface area contributed by atoms with Crippen molar-refractivity contribution in [1.29, 1.82) is 0 Å². The monoisotopic (exact) mass is 253 g/mol. The molecule has 0 saturated carbocycles. The lowest BCUT2D eigenvalue weighted by molar-refractivity contribution is -0.286. The second kappa shape index (κ2) is 3.08. The third-order valence-corrected chi connectivity index (χ3v) is 5.78. The van der Waals surface area contributed by atoms with Crippen molar-refractivity contribution >= 4 is 5.91 Å². The van der Waals surface area contributed by atoms with Gasteiger partial charge in [0.1, 0.15) is 6.10 Å². The molecule has 4 aliphatic heterocycles. The second-order valence-corrected chi connectivity index (χ2v) is 6.19. The van der Waals surface area contributed by atoms with E-state index in [1.165, 1.54) is 0 Å². The summed E-state index contributed by atoms with van der Waals surface area (Å²) in [6, 6.07) is 0. The number of hydrogen-bond acceptors (Lipinski definition) is 4. The van der Waals surface area contributed by atoms with Crippen molar-refractivity contribution in [2.24, 2.45) is 5.41 Å². The fraction of sp³-hybridized carbons (Fsp3) is 0.923. The third kappa shape index (κ3) is 0.868. The van der Waals surface area contributed by atoms with E-state index in [2.05, 4.69) is 0 Å². The highest BCUT2D eigenvalue weighted by atomic mass is 16.7. The van der Waals surface area contributed by atoms with Gasteiger partial charge in [-0.05, 0) is 32.6 Å². The first-order valence-electron chi connectivity index (χ1n) is 6.85. The maximum Gasteiger partial charge on any atom is 0.252 e. The summed E-state index contributed by atoms with van der Waals surface area (Å²) < 4.78 is 11.8. The van der Waals surface area contributed by atoms with E-state index in [1.54, 1.807) is 0 Å². The van der Waals surface area contributed by atoms with Crippen LogP contribution in [-0.4, -0.2) is 53.1 Å². The van der Waals surface area contributed by atoms with Gasteiger partial charge in [0.2, 0.25) is 0 Å². The number of rotatable bonds is 0. The van der Waals surface area contributed by atoms with Crippen LogP contribution in [0, 0.1) is 5.41 Å². The van der Waals surface area contributed by atoms with E-state index in [9.17, 15) is 9.90 Å². The topological polar surface area (TPSA) is 59.0 Å². The van der Waals surface area contributed by atoms with Gasteiger partial charge in [0, 0.05) is 6.54 Å². The molecule has 5 heteroatoms. The zero-order valence-electron chi connectivity index (χ0n) is 10.6. The van der Waals surface area contributed by atoms with Crippen LogP contribution in [-0.2, 0) is 14.3 Å².